The van der Waals surface area contributed by atoms with Crippen LogP contribution in [0, 0.1) is 11.3 Å². The lowest BCUT2D eigenvalue weighted by Crippen LogP contribution is -2.37. The molecule has 1 atom stereocenters. The molecule has 1 amide bonds. The summed E-state index contributed by atoms with van der Waals surface area (Å²) < 4.78 is 5.08. The molecule has 5 heteroatoms. The quantitative estimate of drug-likeness (QED) is 0.798. The zero-order valence-electron chi connectivity index (χ0n) is 10.9. The Morgan fingerprint density at radius 1 is 1.41 bits per heavy atom. The van der Waals surface area contributed by atoms with Gasteiger partial charge in [-0.3, -0.25) is 4.79 Å². The van der Waals surface area contributed by atoms with Crippen molar-refractivity contribution in [1.82, 2.24) is 5.32 Å². The van der Waals surface area contributed by atoms with Crippen LogP contribution >= 0.6 is 0 Å². The molecule has 0 aliphatic carbocycles. The van der Waals surface area contributed by atoms with Gasteiger partial charge in [0.25, 0.3) is 0 Å². The van der Waals surface area contributed by atoms with Crippen molar-refractivity contribution in [3.63, 3.8) is 0 Å². The molecule has 0 aromatic heterocycles. The fourth-order valence-electron chi connectivity index (χ4n) is 1.13. The van der Waals surface area contributed by atoms with E-state index in [1.807, 2.05) is 0 Å². The highest BCUT2D eigenvalue weighted by atomic mass is 16.6. The summed E-state index contributed by atoms with van der Waals surface area (Å²) in [4.78, 5) is 22.5. The van der Waals surface area contributed by atoms with Crippen LogP contribution in [0.1, 0.15) is 47.0 Å². The van der Waals surface area contributed by atoms with Gasteiger partial charge in [-0.2, -0.15) is 5.26 Å². The predicted molar refractivity (Wildman–Crippen MR) is 63.3 cm³/mol. The third-order valence-corrected chi connectivity index (χ3v) is 1.90. The number of nitriles is 1. The normalized spacial score (nSPS) is 12.4. The smallest absolute Gasteiger partial charge is 0.407 e. The SMILES string of the molecule is CC(CCC(=O)CC#N)NC(=O)OC(C)(C)C. The van der Waals surface area contributed by atoms with Gasteiger partial charge < -0.3 is 10.1 Å². The number of hydrogen-bond donors (Lipinski definition) is 1. The first kappa shape index (κ1) is 15.4. The van der Waals surface area contributed by atoms with Crippen LogP contribution in [0.5, 0.6) is 0 Å². The summed E-state index contributed by atoms with van der Waals surface area (Å²) in [6.45, 7) is 7.15. The summed E-state index contributed by atoms with van der Waals surface area (Å²) >= 11 is 0. The summed E-state index contributed by atoms with van der Waals surface area (Å²) in [7, 11) is 0. The summed E-state index contributed by atoms with van der Waals surface area (Å²) in [5, 5.41) is 11.0. The number of carbonyl (C=O) groups excluding carboxylic acids is 2. The average molecular weight is 240 g/mol. The Labute approximate surface area is 102 Å². The second kappa shape index (κ2) is 6.89. The molecule has 0 fully saturated rings. The minimum Gasteiger partial charge on any atom is -0.444 e. The molecular weight excluding hydrogens is 220 g/mol. The van der Waals surface area contributed by atoms with Gasteiger partial charge in [0.2, 0.25) is 0 Å². The lowest BCUT2D eigenvalue weighted by molar-refractivity contribution is -0.118. The molecule has 5 nitrogen and oxygen atoms in total. The zero-order valence-corrected chi connectivity index (χ0v) is 10.9. The summed E-state index contributed by atoms with van der Waals surface area (Å²) in [5.41, 5.74) is -0.527. The van der Waals surface area contributed by atoms with E-state index in [0.717, 1.165) is 0 Å². The molecule has 0 radical (unpaired) electrons. The van der Waals surface area contributed by atoms with Gasteiger partial charge in [0.05, 0.1) is 12.5 Å². The van der Waals surface area contributed by atoms with E-state index >= 15 is 0 Å². The largest absolute Gasteiger partial charge is 0.444 e. The fraction of sp³-hybridized carbons (Fsp3) is 0.750. The van der Waals surface area contributed by atoms with Gasteiger partial charge in [0.1, 0.15) is 11.4 Å². The first-order chi connectivity index (χ1) is 7.74. The minimum atomic E-state index is -0.527. The molecule has 96 valence electrons. The third kappa shape index (κ3) is 9.36. The van der Waals surface area contributed by atoms with E-state index in [-0.39, 0.29) is 18.2 Å². The molecule has 0 aliphatic rings. The third-order valence-electron chi connectivity index (χ3n) is 1.90. The molecule has 0 aromatic rings. The van der Waals surface area contributed by atoms with Gasteiger partial charge in [-0.15, -0.1) is 0 Å². The van der Waals surface area contributed by atoms with Crippen LogP contribution in [0.2, 0.25) is 0 Å². The van der Waals surface area contributed by atoms with E-state index in [4.69, 9.17) is 10.00 Å². The van der Waals surface area contributed by atoms with Crippen molar-refractivity contribution in [2.24, 2.45) is 0 Å². The Morgan fingerprint density at radius 2 is 2.00 bits per heavy atom. The van der Waals surface area contributed by atoms with E-state index in [0.29, 0.717) is 12.8 Å². The Kier molecular flexibility index (Phi) is 6.26. The van der Waals surface area contributed by atoms with Gasteiger partial charge in [-0.1, -0.05) is 0 Å². The molecular formula is C12H20N2O3. The number of amides is 1. The number of Topliss-reactive ketones (excluding diaryl/α,β-unsaturated/α-hetero) is 1. The Hall–Kier alpha value is -1.57. The Bertz CT molecular complexity index is 313. The van der Waals surface area contributed by atoms with Crippen molar-refractivity contribution >= 4 is 11.9 Å². The van der Waals surface area contributed by atoms with Crippen molar-refractivity contribution in [2.75, 3.05) is 0 Å². The molecule has 1 unspecified atom stereocenters. The molecule has 0 bridgehead atoms. The van der Waals surface area contributed by atoms with Crippen molar-refractivity contribution in [3.05, 3.63) is 0 Å². The number of alkyl carbamates (subject to hydrolysis) is 1. The predicted octanol–water partition coefficient (Wildman–Crippen LogP) is 2.16. The lowest BCUT2D eigenvalue weighted by atomic mass is 10.1. The van der Waals surface area contributed by atoms with Crippen molar-refractivity contribution < 1.29 is 14.3 Å². The molecule has 0 aliphatic heterocycles. The Morgan fingerprint density at radius 3 is 2.47 bits per heavy atom. The molecule has 0 saturated carbocycles. The van der Waals surface area contributed by atoms with Gasteiger partial charge in [0.15, 0.2) is 0 Å². The van der Waals surface area contributed by atoms with Crippen LogP contribution in [-0.4, -0.2) is 23.5 Å². The maximum atomic E-state index is 11.4. The van der Waals surface area contributed by atoms with Crippen molar-refractivity contribution in [1.29, 1.82) is 5.26 Å². The van der Waals surface area contributed by atoms with E-state index < -0.39 is 11.7 Å². The first-order valence-corrected chi connectivity index (χ1v) is 5.63. The number of nitrogens with one attached hydrogen (secondary N) is 1. The maximum absolute atomic E-state index is 11.4. The molecule has 0 saturated heterocycles. The molecule has 1 N–H and O–H groups in total. The van der Waals surface area contributed by atoms with Crippen molar-refractivity contribution in [2.45, 2.75) is 58.6 Å². The number of carbonyl (C=O) groups is 2. The lowest BCUT2D eigenvalue weighted by Gasteiger charge is -2.21. The molecule has 17 heavy (non-hydrogen) atoms. The highest BCUT2D eigenvalue weighted by Gasteiger charge is 2.17. The molecule has 0 spiro atoms. The van der Waals surface area contributed by atoms with Crippen LogP contribution < -0.4 is 5.32 Å². The van der Waals surface area contributed by atoms with Crippen LogP contribution in [0.3, 0.4) is 0 Å². The summed E-state index contributed by atoms with van der Waals surface area (Å²) in [5.74, 6) is -0.106. The van der Waals surface area contributed by atoms with Gasteiger partial charge in [-0.25, -0.2) is 4.79 Å². The number of ketones is 1. The number of ether oxygens (including phenoxy) is 1. The maximum Gasteiger partial charge on any atom is 0.407 e. The van der Waals surface area contributed by atoms with Crippen LogP contribution in [0.4, 0.5) is 4.79 Å². The first-order valence-electron chi connectivity index (χ1n) is 5.63. The number of hydrogen-bond acceptors (Lipinski definition) is 4. The minimum absolute atomic E-state index is 0.0703. The highest BCUT2D eigenvalue weighted by Crippen LogP contribution is 2.07. The van der Waals surface area contributed by atoms with E-state index in [9.17, 15) is 9.59 Å². The van der Waals surface area contributed by atoms with Gasteiger partial charge >= 0.3 is 6.09 Å². The van der Waals surface area contributed by atoms with Crippen LogP contribution in [0.25, 0.3) is 0 Å². The topological polar surface area (TPSA) is 79.2 Å². The average Bonchev–Trinajstić information content (AvgIpc) is 2.12. The van der Waals surface area contributed by atoms with Crippen molar-refractivity contribution in [3.8, 4) is 6.07 Å². The van der Waals surface area contributed by atoms with Crippen LogP contribution in [-0.2, 0) is 9.53 Å². The number of rotatable bonds is 5. The fourth-order valence-corrected chi connectivity index (χ4v) is 1.13. The van der Waals surface area contributed by atoms with E-state index in [1.165, 1.54) is 0 Å². The monoisotopic (exact) mass is 240 g/mol. The molecule has 0 rings (SSSR count). The number of nitrogens with zero attached hydrogens (tertiary/aromatic N) is 1. The summed E-state index contributed by atoms with van der Waals surface area (Å²) in [6.07, 6.45) is 0.251. The second-order valence-corrected chi connectivity index (χ2v) is 4.96. The van der Waals surface area contributed by atoms with E-state index in [2.05, 4.69) is 5.32 Å². The van der Waals surface area contributed by atoms with Gasteiger partial charge in [0, 0.05) is 12.5 Å². The van der Waals surface area contributed by atoms with Crippen LogP contribution in [0.15, 0.2) is 0 Å². The Balaban J connectivity index is 3.87. The standard InChI is InChI=1S/C12H20N2O3/c1-9(5-6-10(15)7-8-13)14-11(16)17-12(2,3)4/h9H,5-7H2,1-4H3,(H,14,16). The summed E-state index contributed by atoms with van der Waals surface area (Å²) in [6, 6.07) is 1.66. The van der Waals surface area contributed by atoms with Gasteiger partial charge in [-0.05, 0) is 34.1 Å². The zero-order chi connectivity index (χ0) is 13.5. The molecule has 0 heterocycles. The van der Waals surface area contributed by atoms with E-state index in [1.54, 1.807) is 33.8 Å². The molecule has 0 aromatic carbocycles. The second-order valence-electron chi connectivity index (χ2n) is 4.96. The highest BCUT2D eigenvalue weighted by molar-refractivity contribution is 5.80.